The van der Waals surface area contributed by atoms with Crippen molar-refractivity contribution in [3.63, 3.8) is 0 Å². The highest BCUT2D eigenvalue weighted by atomic mass is 32.1. The van der Waals surface area contributed by atoms with Gasteiger partial charge in [-0.3, -0.25) is 0 Å². The molecule has 1 aliphatic heterocycles. The summed E-state index contributed by atoms with van der Waals surface area (Å²) >= 11 is 1.81. The maximum absolute atomic E-state index is 5.96. The Morgan fingerprint density at radius 1 is 1.33 bits per heavy atom. The zero-order valence-corrected chi connectivity index (χ0v) is 9.28. The van der Waals surface area contributed by atoms with Crippen molar-refractivity contribution in [1.29, 1.82) is 0 Å². The predicted molar refractivity (Wildman–Crippen MR) is 64.4 cm³/mol. The van der Waals surface area contributed by atoms with Gasteiger partial charge >= 0.3 is 0 Å². The van der Waals surface area contributed by atoms with E-state index in [0.717, 1.165) is 17.0 Å². The molecule has 0 bridgehead atoms. The summed E-state index contributed by atoms with van der Waals surface area (Å²) in [5, 5.41) is 4.34. The number of thiophene rings is 1. The van der Waals surface area contributed by atoms with Gasteiger partial charge in [-0.05, 0) is 31.2 Å². The highest BCUT2D eigenvalue weighted by Gasteiger charge is 2.25. The third-order valence-corrected chi connectivity index (χ3v) is 4.15. The minimum Gasteiger partial charge on any atom is -0.383 e. The lowest BCUT2D eigenvalue weighted by atomic mass is 9.95. The van der Waals surface area contributed by atoms with E-state index in [1.807, 2.05) is 11.3 Å². The SMILES string of the molecule is C=C1N=C(N)c2c(sc3c2CCCC3)N1. The van der Waals surface area contributed by atoms with Gasteiger partial charge in [-0.15, -0.1) is 11.3 Å². The van der Waals surface area contributed by atoms with Crippen LogP contribution in [0.2, 0.25) is 0 Å². The zero-order chi connectivity index (χ0) is 10.4. The van der Waals surface area contributed by atoms with Crippen molar-refractivity contribution in [2.45, 2.75) is 25.7 Å². The highest BCUT2D eigenvalue weighted by Crippen LogP contribution is 2.40. The van der Waals surface area contributed by atoms with Crippen LogP contribution >= 0.6 is 11.3 Å². The molecule has 1 aromatic heterocycles. The molecular formula is C11H13N3S. The average molecular weight is 219 g/mol. The van der Waals surface area contributed by atoms with Crippen LogP contribution in [0.3, 0.4) is 0 Å². The highest BCUT2D eigenvalue weighted by molar-refractivity contribution is 7.16. The zero-order valence-electron chi connectivity index (χ0n) is 8.47. The number of rotatable bonds is 0. The van der Waals surface area contributed by atoms with Gasteiger partial charge in [-0.1, -0.05) is 6.58 Å². The molecule has 0 saturated heterocycles. The Morgan fingerprint density at radius 3 is 3.00 bits per heavy atom. The van der Waals surface area contributed by atoms with Gasteiger partial charge in [-0.25, -0.2) is 4.99 Å². The first-order valence-corrected chi connectivity index (χ1v) is 6.02. The molecule has 0 spiro atoms. The minimum atomic E-state index is 0.633. The molecule has 0 fully saturated rings. The van der Waals surface area contributed by atoms with E-state index >= 15 is 0 Å². The first-order chi connectivity index (χ1) is 7.25. The van der Waals surface area contributed by atoms with Gasteiger partial charge in [-0.2, -0.15) is 0 Å². The van der Waals surface area contributed by atoms with Crippen LogP contribution in [0, 0.1) is 0 Å². The summed E-state index contributed by atoms with van der Waals surface area (Å²) in [7, 11) is 0. The number of anilines is 1. The normalized spacial score (nSPS) is 18.9. The standard InChI is InChI=1S/C11H13N3S/c1-6-13-10(12)9-7-4-2-3-5-8(7)15-11(9)14-6/h14H,1-5H2,(H2,12,13). The smallest absolute Gasteiger partial charge is 0.136 e. The number of aryl methyl sites for hydroxylation is 1. The molecule has 3 N–H and O–H groups in total. The molecule has 0 amide bonds. The minimum absolute atomic E-state index is 0.633. The van der Waals surface area contributed by atoms with Crippen molar-refractivity contribution in [3.8, 4) is 0 Å². The van der Waals surface area contributed by atoms with E-state index in [9.17, 15) is 0 Å². The molecule has 1 aliphatic carbocycles. The van der Waals surface area contributed by atoms with E-state index < -0.39 is 0 Å². The van der Waals surface area contributed by atoms with E-state index in [0.29, 0.717) is 11.7 Å². The summed E-state index contributed by atoms with van der Waals surface area (Å²) < 4.78 is 0. The number of hydrogen-bond acceptors (Lipinski definition) is 4. The van der Waals surface area contributed by atoms with Gasteiger partial charge in [0.25, 0.3) is 0 Å². The van der Waals surface area contributed by atoms with E-state index in [-0.39, 0.29) is 0 Å². The molecule has 0 atom stereocenters. The molecule has 2 heterocycles. The Labute approximate surface area is 92.7 Å². The quantitative estimate of drug-likeness (QED) is 0.703. The Bertz CT molecular complexity index is 470. The van der Waals surface area contributed by atoms with E-state index in [1.165, 1.54) is 29.7 Å². The second-order valence-electron chi connectivity index (χ2n) is 3.98. The van der Waals surface area contributed by atoms with E-state index in [1.54, 1.807) is 0 Å². The number of nitrogens with two attached hydrogens (primary N) is 1. The molecular weight excluding hydrogens is 206 g/mol. The first-order valence-electron chi connectivity index (χ1n) is 5.20. The molecule has 0 saturated carbocycles. The molecule has 0 unspecified atom stereocenters. The third-order valence-electron chi connectivity index (χ3n) is 2.94. The fourth-order valence-corrected chi connectivity index (χ4v) is 3.60. The van der Waals surface area contributed by atoms with Gasteiger partial charge in [0.15, 0.2) is 0 Å². The third kappa shape index (κ3) is 1.28. The Hall–Kier alpha value is -1.29. The van der Waals surface area contributed by atoms with E-state index in [4.69, 9.17) is 5.73 Å². The maximum Gasteiger partial charge on any atom is 0.136 e. The fourth-order valence-electron chi connectivity index (χ4n) is 2.29. The number of amidine groups is 1. The molecule has 0 radical (unpaired) electrons. The van der Waals surface area contributed by atoms with Crippen molar-refractivity contribution in [1.82, 2.24) is 0 Å². The van der Waals surface area contributed by atoms with E-state index in [2.05, 4.69) is 16.9 Å². The Morgan fingerprint density at radius 2 is 2.13 bits per heavy atom. The van der Waals surface area contributed by atoms with Crippen LogP contribution in [0.25, 0.3) is 0 Å². The number of hydrogen-bond donors (Lipinski definition) is 2. The van der Waals surface area contributed by atoms with Crippen LogP contribution in [-0.2, 0) is 12.8 Å². The summed E-state index contributed by atoms with van der Waals surface area (Å²) in [6, 6.07) is 0. The summed E-state index contributed by atoms with van der Waals surface area (Å²) in [6.07, 6.45) is 4.90. The van der Waals surface area contributed by atoms with Gasteiger partial charge in [0, 0.05) is 4.88 Å². The van der Waals surface area contributed by atoms with Crippen molar-refractivity contribution in [3.05, 3.63) is 28.4 Å². The van der Waals surface area contributed by atoms with Gasteiger partial charge in [0.05, 0.1) is 5.56 Å². The van der Waals surface area contributed by atoms with Crippen LogP contribution in [-0.4, -0.2) is 5.84 Å². The van der Waals surface area contributed by atoms with Crippen LogP contribution < -0.4 is 11.1 Å². The molecule has 3 rings (SSSR count). The summed E-state index contributed by atoms with van der Waals surface area (Å²) in [4.78, 5) is 5.68. The van der Waals surface area contributed by atoms with Gasteiger partial charge < -0.3 is 11.1 Å². The van der Waals surface area contributed by atoms with Crippen molar-refractivity contribution in [2.24, 2.45) is 10.7 Å². The second kappa shape index (κ2) is 3.10. The van der Waals surface area contributed by atoms with Gasteiger partial charge in [0.2, 0.25) is 0 Å². The van der Waals surface area contributed by atoms with Crippen molar-refractivity contribution < 1.29 is 0 Å². The lowest BCUT2D eigenvalue weighted by Gasteiger charge is -2.16. The predicted octanol–water partition coefficient (Wildman–Crippen LogP) is 2.23. The van der Waals surface area contributed by atoms with Crippen LogP contribution in [0.4, 0.5) is 5.00 Å². The fraction of sp³-hybridized carbons (Fsp3) is 0.364. The monoisotopic (exact) mass is 219 g/mol. The largest absolute Gasteiger partial charge is 0.383 e. The first kappa shape index (κ1) is 8.97. The molecule has 1 aromatic rings. The second-order valence-corrected chi connectivity index (χ2v) is 5.09. The maximum atomic E-state index is 5.96. The van der Waals surface area contributed by atoms with Crippen LogP contribution in [0.1, 0.15) is 28.8 Å². The Balaban J connectivity index is 2.19. The summed E-state index contributed by atoms with van der Waals surface area (Å²) in [5.41, 5.74) is 8.52. The lowest BCUT2D eigenvalue weighted by Crippen LogP contribution is -2.21. The molecule has 15 heavy (non-hydrogen) atoms. The van der Waals surface area contributed by atoms with Crippen LogP contribution in [0.15, 0.2) is 17.4 Å². The summed E-state index contributed by atoms with van der Waals surface area (Å²) in [6.45, 7) is 3.80. The van der Waals surface area contributed by atoms with Gasteiger partial charge in [0.1, 0.15) is 16.7 Å². The number of fused-ring (bicyclic) bond motifs is 3. The molecule has 3 nitrogen and oxygen atoms in total. The molecule has 4 heteroatoms. The van der Waals surface area contributed by atoms with Crippen molar-refractivity contribution in [2.75, 3.05) is 5.32 Å². The molecule has 78 valence electrons. The molecule has 0 aromatic carbocycles. The van der Waals surface area contributed by atoms with Crippen molar-refractivity contribution >= 4 is 22.2 Å². The average Bonchev–Trinajstić information content (AvgIpc) is 2.54. The molecule has 2 aliphatic rings. The number of nitrogens with zero attached hydrogens (tertiary/aromatic N) is 1. The summed E-state index contributed by atoms with van der Waals surface area (Å²) in [5.74, 6) is 1.28. The van der Waals surface area contributed by atoms with Crippen LogP contribution in [0.5, 0.6) is 0 Å². The lowest BCUT2D eigenvalue weighted by molar-refractivity contribution is 0.696. The number of aliphatic imine (C=N–C) groups is 1. The topological polar surface area (TPSA) is 50.4 Å². The Kier molecular flexibility index (Phi) is 1.85. The number of nitrogens with one attached hydrogen (secondary N) is 1.